The second-order valence-electron chi connectivity index (χ2n) is 8.89. The van der Waals surface area contributed by atoms with Gasteiger partial charge in [0.15, 0.2) is 14.6 Å². The standard InChI is InChI=1S/C22H34O6Si/c1-8-16(15-12-10-9-11-13-15)27-20-18(23)17(28-21(25-5)19(20)24)14-26-29(6,7)22(2,3)4/h1,9-13,16-21,23-24H,14H2,2-7H3/t16?,17-,18-,19+,20+,21+/m1/s1. The Bertz CT molecular complexity index is 681. The topological polar surface area (TPSA) is 77.4 Å². The summed E-state index contributed by atoms with van der Waals surface area (Å²) >= 11 is 0. The van der Waals surface area contributed by atoms with E-state index in [2.05, 4.69) is 39.8 Å². The Hall–Kier alpha value is -1.24. The lowest BCUT2D eigenvalue weighted by atomic mass is 9.98. The normalized spacial score (nSPS) is 29.3. The van der Waals surface area contributed by atoms with Crippen molar-refractivity contribution in [2.45, 2.75) is 75.7 Å². The zero-order chi connectivity index (χ0) is 21.8. The lowest BCUT2D eigenvalue weighted by Crippen LogP contribution is -2.61. The first-order chi connectivity index (χ1) is 13.5. The molecule has 1 fully saturated rings. The molecule has 1 aliphatic heterocycles. The number of ether oxygens (including phenoxy) is 3. The number of hydrogen-bond acceptors (Lipinski definition) is 6. The van der Waals surface area contributed by atoms with Gasteiger partial charge in [0.2, 0.25) is 0 Å². The van der Waals surface area contributed by atoms with Gasteiger partial charge in [0, 0.05) is 7.11 Å². The maximum absolute atomic E-state index is 10.9. The third-order valence-electron chi connectivity index (χ3n) is 5.84. The maximum atomic E-state index is 10.9. The monoisotopic (exact) mass is 422 g/mol. The Kier molecular flexibility index (Phi) is 8.05. The highest BCUT2D eigenvalue weighted by Gasteiger charge is 2.48. The fourth-order valence-corrected chi connectivity index (χ4v) is 3.92. The van der Waals surface area contributed by atoms with Crippen LogP contribution in [0.3, 0.4) is 0 Å². The number of hydrogen-bond donors (Lipinski definition) is 2. The predicted octanol–water partition coefficient (Wildman–Crippen LogP) is 2.86. The van der Waals surface area contributed by atoms with Gasteiger partial charge in [0.05, 0.1) is 6.61 Å². The van der Waals surface area contributed by atoms with Gasteiger partial charge in [-0.1, -0.05) is 57.0 Å². The van der Waals surface area contributed by atoms with Crippen LogP contribution in [0.1, 0.15) is 32.4 Å². The molecular weight excluding hydrogens is 388 g/mol. The van der Waals surface area contributed by atoms with Crippen molar-refractivity contribution in [3.63, 3.8) is 0 Å². The first kappa shape index (κ1) is 24.0. The van der Waals surface area contributed by atoms with Crippen LogP contribution < -0.4 is 0 Å². The highest BCUT2D eigenvalue weighted by atomic mass is 28.4. The van der Waals surface area contributed by atoms with Gasteiger partial charge in [0.25, 0.3) is 0 Å². The summed E-state index contributed by atoms with van der Waals surface area (Å²) in [5.74, 6) is 2.58. The van der Waals surface area contributed by atoms with Crippen molar-refractivity contribution in [1.82, 2.24) is 0 Å². The zero-order valence-electron chi connectivity index (χ0n) is 18.2. The molecule has 0 bridgehead atoms. The Morgan fingerprint density at radius 1 is 1.17 bits per heavy atom. The van der Waals surface area contributed by atoms with Crippen LogP contribution in [0.25, 0.3) is 0 Å². The fraction of sp³-hybridized carbons (Fsp3) is 0.636. The summed E-state index contributed by atoms with van der Waals surface area (Å²) in [5, 5.41) is 21.6. The van der Waals surface area contributed by atoms with E-state index in [1.165, 1.54) is 7.11 Å². The van der Waals surface area contributed by atoms with Crippen LogP contribution in [0.15, 0.2) is 30.3 Å². The molecule has 1 aromatic rings. The van der Waals surface area contributed by atoms with Crippen molar-refractivity contribution < 1.29 is 28.8 Å². The molecule has 2 rings (SSSR count). The summed E-state index contributed by atoms with van der Waals surface area (Å²) in [7, 11) is -0.614. The van der Waals surface area contributed by atoms with Gasteiger partial charge in [-0.05, 0) is 23.7 Å². The second-order valence-corrected chi connectivity index (χ2v) is 13.7. The number of rotatable bonds is 7. The Morgan fingerprint density at radius 2 is 1.79 bits per heavy atom. The fourth-order valence-electron chi connectivity index (χ4n) is 2.90. The van der Waals surface area contributed by atoms with Crippen molar-refractivity contribution in [2.24, 2.45) is 0 Å². The number of aliphatic hydroxyl groups excluding tert-OH is 2. The Morgan fingerprint density at radius 3 is 2.31 bits per heavy atom. The molecule has 162 valence electrons. The molecule has 0 saturated carbocycles. The van der Waals surface area contributed by atoms with Crippen molar-refractivity contribution >= 4 is 8.32 Å². The van der Waals surface area contributed by atoms with E-state index in [0.29, 0.717) is 0 Å². The molecule has 1 heterocycles. The van der Waals surface area contributed by atoms with Crippen LogP contribution in [0, 0.1) is 12.3 Å². The van der Waals surface area contributed by atoms with Crippen molar-refractivity contribution in [1.29, 1.82) is 0 Å². The van der Waals surface area contributed by atoms with Gasteiger partial charge in [-0.3, -0.25) is 0 Å². The lowest BCUT2D eigenvalue weighted by molar-refractivity contribution is -0.304. The molecule has 6 atom stereocenters. The lowest BCUT2D eigenvalue weighted by Gasteiger charge is -2.44. The number of methoxy groups -OCH3 is 1. The van der Waals surface area contributed by atoms with Gasteiger partial charge in [-0.25, -0.2) is 0 Å². The molecule has 6 nitrogen and oxygen atoms in total. The van der Waals surface area contributed by atoms with E-state index < -0.39 is 45.1 Å². The largest absolute Gasteiger partial charge is 0.414 e. The van der Waals surface area contributed by atoms with Crippen LogP contribution in [-0.2, 0) is 18.6 Å². The highest BCUT2D eigenvalue weighted by Crippen LogP contribution is 2.37. The predicted molar refractivity (Wildman–Crippen MR) is 114 cm³/mol. The summed E-state index contributed by atoms with van der Waals surface area (Å²) < 4.78 is 23.2. The van der Waals surface area contributed by atoms with E-state index in [1.54, 1.807) is 0 Å². The van der Waals surface area contributed by atoms with E-state index >= 15 is 0 Å². The molecule has 1 saturated heterocycles. The number of terminal acetylenes is 1. The van der Waals surface area contributed by atoms with Gasteiger partial charge in [0.1, 0.15) is 30.5 Å². The Labute approximate surface area is 175 Å². The zero-order valence-corrected chi connectivity index (χ0v) is 19.2. The van der Waals surface area contributed by atoms with Crippen LogP contribution in [0.4, 0.5) is 0 Å². The first-order valence-corrected chi connectivity index (χ1v) is 12.8. The molecule has 1 aliphatic rings. The smallest absolute Gasteiger partial charge is 0.192 e. The minimum absolute atomic E-state index is 0.0184. The molecule has 7 heteroatoms. The summed E-state index contributed by atoms with van der Waals surface area (Å²) in [6, 6.07) is 9.27. The third-order valence-corrected chi connectivity index (χ3v) is 10.3. The number of aliphatic hydroxyl groups is 2. The molecular formula is C22H34O6Si. The third kappa shape index (κ3) is 5.67. The van der Waals surface area contributed by atoms with Crippen LogP contribution in [0.2, 0.25) is 18.1 Å². The molecule has 0 aliphatic carbocycles. The van der Waals surface area contributed by atoms with E-state index in [0.717, 1.165) is 5.56 Å². The average molecular weight is 423 g/mol. The molecule has 1 aromatic carbocycles. The van der Waals surface area contributed by atoms with E-state index in [1.807, 2.05) is 30.3 Å². The van der Waals surface area contributed by atoms with Crippen LogP contribution >= 0.6 is 0 Å². The summed E-state index contributed by atoms with van der Waals surface area (Å²) in [6.45, 7) is 10.9. The highest BCUT2D eigenvalue weighted by molar-refractivity contribution is 6.74. The molecule has 0 radical (unpaired) electrons. The molecule has 1 unspecified atom stereocenters. The SMILES string of the molecule is C#CC(O[C@@H]1[C@H](O)[C@@H](OC)O[C@H](CO[Si](C)(C)C(C)(C)C)[C@H]1O)c1ccccc1. The summed E-state index contributed by atoms with van der Waals surface area (Å²) in [5.41, 5.74) is 0.768. The van der Waals surface area contributed by atoms with E-state index in [-0.39, 0.29) is 11.6 Å². The minimum Gasteiger partial charge on any atom is -0.414 e. The molecule has 0 aromatic heterocycles. The van der Waals surface area contributed by atoms with E-state index in [4.69, 9.17) is 25.1 Å². The summed E-state index contributed by atoms with van der Waals surface area (Å²) in [6.07, 6.45) is -0.0289. The maximum Gasteiger partial charge on any atom is 0.192 e. The molecule has 29 heavy (non-hydrogen) atoms. The van der Waals surface area contributed by atoms with Crippen molar-refractivity contribution in [3.8, 4) is 12.3 Å². The van der Waals surface area contributed by atoms with Crippen LogP contribution in [-0.4, -0.2) is 63.0 Å². The second kappa shape index (κ2) is 9.71. The molecule has 0 spiro atoms. The molecule has 0 amide bonds. The van der Waals surface area contributed by atoms with Gasteiger partial charge >= 0.3 is 0 Å². The van der Waals surface area contributed by atoms with Gasteiger partial charge < -0.3 is 28.8 Å². The van der Waals surface area contributed by atoms with E-state index in [9.17, 15) is 10.2 Å². The summed E-state index contributed by atoms with van der Waals surface area (Å²) in [4.78, 5) is 0. The quantitative estimate of drug-likeness (QED) is 0.520. The Balaban J connectivity index is 2.17. The van der Waals surface area contributed by atoms with Crippen molar-refractivity contribution in [3.05, 3.63) is 35.9 Å². The molecule has 2 N–H and O–H groups in total. The first-order valence-electron chi connectivity index (χ1n) is 9.86. The van der Waals surface area contributed by atoms with Crippen LogP contribution in [0.5, 0.6) is 0 Å². The number of benzene rings is 1. The van der Waals surface area contributed by atoms with Gasteiger partial charge in [-0.2, -0.15) is 0 Å². The minimum atomic E-state index is -2.05. The van der Waals surface area contributed by atoms with Crippen molar-refractivity contribution in [2.75, 3.05) is 13.7 Å². The average Bonchev–Trinajstić information content (AvgIpc) is 2.67. The van der Waals surface area contributed by atoms with Gasteiger partial charge in [-0.15, -0.1) is 6.42 Å².